The molecule has 0 aliphatic carbocycles. The number of nitrogens with zero attached hydrogens (tertiary/aromatic N) is 2. The van der Waals surface area contributed by atoms with Crippen LogP contribution in [0.15, 0.2) is 24.3 Å². The molecule has 0 fully saturated rings. The normalized spacial score (nSPS) is 10.6. The minimum atomic E-state index is 0.847. The molecule has 0 unspecified atom stereocenters. The van der Waals surface area contributed by atoms with Gasteiger partial charge in [0.2, 0.25) is 0 Å². The summed E-state index contributed by atoms with van der Waals surface area (Å²) in [6.45, 7) is 9.42. The molecule has 3 heteroatoms. The van der Waals surface area contributed by atoms with E-state index in [4.69, 9.17) is 0 Å². The third-order valence-electron chi connectivity index (χ3n) is 3.16. The Morgan fingerprint density at radius 1 is 0.950 bits per heavy atom. The van der Waals surface area contributed by atoms with Gasteiger partial charge in [-0.2, -0.15) is 0 Å². The Kier molecular flexibility index (Phi) is 4.72. The Bertz CT molecular complexity index is 571. The second-order valence-corrected chi connectivity index (χ2v) is 5.21. The van der Waals surface area contributed by atoms with E-state index in [1.165, 1.54) is 16.7 Å². The Morgan fingerprint density at radius 3 is 2.25 bits per heavy atom. The van der Waals surface area contributed by atoms with Gasteiger partial charge >= 0.3 is 0 Å². The highest BCUT2D eigenvalue weighted by Crippen LogP contribution is 2.22. The highest BCUT2D eigenvalue weighted by atomic mass is 15.0. The predicted molar refractivity (Wildman–Crippen MR) is 85.1 cm³/mol. The third kappa shape index (κ3) is 3.56. The zero-order valence-electron chi connectivity index (χ0n) is 12.8. The van der Waals surface area contributed by atoms with Crippen molar-refractivity contribution < 1.29 is 0 Å². The van der Waals surface area contributed by atoms with Crippen LogP contribution >= 0.6 is 0 Å². The molecule has 0 radical (unpaired) electrons. The van der Waals surface area contributed by atoms with Gasteiger partial charge in [0.1, 0.15) is 11.6 Å². The van der Waals surface area contributed by atoms with Crippen LogP contribution in [0.4, 0.5) is 5.82 Å². The maximum absolute atomic E-state index is 4.66. The lowest BCUT2D eigenvalue weighted by molar-refractivity contribution is 0.919. The highest BCUT2D eigenvalue weighted by molar-refractivity contribution is 5.64. The molecule has 0 saturated carbocycles. The number of nitrogens with one attached hydrogen (secondary N) is 1. The van der Waals surface area contributed by atoms with Crippen LogP contribution in [0.3, 0.4) is 0 Å². The highest BCUT2D eigenvalue weighted by Gasteiger charge is 2.06. The molecule has 0 spiro atoms. The maximum Gasteiger partial charge on any atom is 0.131 e. The monoisotopic (exact) mass is 269 g/mol. The van der Waals surface area contributed by atoms with Crippen LogP contribution in [-0.2, 0) is 6.42 Å². The Balaban J connectivity index is 2.43. The number of aryl methyl sites for hydroxylation is 3. The molecule has 2 aromatic rings. The van der Waals surface area contributed by atoms with Crippen molar-refractivity contribution in [3.05, 3.63) is 41.2 Å². The van der Waals surface area contributed by atoms with Gasteiger partial charge in [-0.25, -0.2) is 9.97 Å². The molecule has 1 N–H and O–H groups in total. The topological polar surface area (TPSA) is 37.8 Å². The van der Waals surface area contributed by atoms with Crippen molar-refractivity contribution in [1.29, 1.82) is 0 Å². The fourth-order valence-electron chi connectivity index (χ4n) is 2.27. The molecule has 0 bridgehead atoms. The molecular weight excluding hydrogens is 246 g/mol. The quantitative estimate of drug-likeness (QED) is 0.886. The fourth-order valence-corrected chi connectivity index (χ4v) is 2.27. The zero-order chi connectivity index (χ0) is 14.5. The van der Waals surface area contributed by atoms with Crippen molar-refractivity contribution in [2.24, 2.45) is 0 Å². The summed E-state index contributed by atoms with van der Waals surface area (Å²) in [6.07, 6.45) is 1.93. The van der Waals surface area contributed by atoms with Gasteiger partial charge in [-0.1, -0.05) is 31.0 Å². The molecule has 1 aromatic heterocycles. The van der Waals surface area contributed by atoms with E-state index in [-0.39, 0.29) is 0 Å². The largest absolute Gasteiger partial charge is 0.370 e. The molecule has 0 atom stereocenters. The number of rotatable bonds is 5. The first-order valence-electron chi connectivity index (χ1n) is 7.33. The predicted octanol–water partition coefficient (Wildman–Crippen LogP) is 4.14. The number of benzene rings is 1. The van der Waals surface area contributed by atoms with Crippen LogP contribution in [0.2, 0.25) is 0 Å². The van der Waals surface area contributed by atoms with Crippen LogP contribution in [0, 0.1) is 13.8 Å². The molecule has 3 nitrogen and oxygen atoms in total. The number of anilines is 1. The van der Waals surface area contributed by atoms with Crippen molar-refractivity contribution in [3.8, 4) is 11.3 Å². The Labute approximate surface area is 121 Å². The van der Waals surface area contributed by atoms with Crippen LogP contribution in [0.25, 0.3) is 11.3 Å². The molecule has 20 heavy (non-hydrogen) atoms. The summed E-state index contributed by atoms with van der Waals surface area (Å²) in [4.78, 5) is 9.20. The minimum Gasteiger partial charge on any atom is -0.370 e. The maximum atomic E-state index is 4.66. The molecule has 2 rings (SSSR count). The first kappa shape index (κ1) is 14.5. The van der Waals surface area contributed by atoms with Crippen molar-refractivity contribution >= 4 is 5.82 Å². The average molecular weight is 269 g/mol. The second kappa shape index (κ2) is 6.51. The summed E-state index contributed by atoms with van der Waals surface area (Å²) in [5.74, 6) is 1.81. The van der Waals surface area contributed by atoms with E-state index < -0.39 is 0 Å². The van der Waals surface area contributed by atoms with Gasteiger partial charge in [-0.05, 0) is 32.4 Å². The molecular formula is C17H23N3. The molecule has 0 amide bonds. The van der Waals surface area contributed by atoms with E-state index in [9.17, 15) is 0 Å². The number of hydrogen-bond acceptors (Lipinski definition) is 3. The van der Waals surface area contributed by atoms with Gasteiger partial charge in [-0.3, -0.25) is 0 Å². The second-order valence-electron chi connectivity index (χ2n) is 5.21. The van der Waals surface area contributed by atoms with Gasteiger partial charge in [-0.15, -0.1) is 0 Å². The van der Waals surface area contributed by atoms with Gasteiger partial charge in [0.05, 0.1) is 5.69 Å². The third-order valence-corrected chi connectivity index (χ3v) is 3.16. The van der Waals surface area contributed by atoms with E-state index in [0.29, 0.717) is 0 Å². The van der Waals surface area contributed by atoms with E-state index in [0.717, 1.165) is 36.7 Å². The summed E-state index contributed by atoms with van der Waals surface area (Å²) < 4.78 is 0. The van der Waals surface area contributed by atoms with Gasteiger partial charge in [0.15, 0.2) is 0 Å². The van der Waals surface area contributed by atoms with Crippen molar-refractivity contribution in [3.63, 3.8) is 0 Å². The number of hydrogen-bond donors (Lipinski definition) is 1. The Hall–Kier alpha value is -1.90. The van der Waals surface area contributed by atoms with Gasteiger partial charge in [0, 0.05) is 24.6 Å². The summed E-state index contributed by atoms with van der Waals surface area (Å²) in [5, 5.41) is 3.36. The first-order valence-corrected chi connectivity index (χ1v) is 7.33. The lowest BCUT2D eigenvalue weighted by Gasteiger charge is -2.10. The molecule has 0 aliphatic rings. The summed E-state index contributed by atoms with van der Waals surface area (Å²) in [7, 11) is 0. The molecule has 1 aromatic carbocycles. The molecule has 0 saturated heterocycles. The average Bonchev–Trinajstić information content (AvgIpc) is 2.43. The van der Waals surface area contributed by atoms with Crippen LogP contribution in [-0.4, -0.2) is 16.5 Å². The van der Waals surface area contributed by atoms with Gasteiger partial charge in [0.25, 0.3) is 0 Å². The summed E-state index contributed by atoms with van der Waals surface area (Å²) >= 11 is 0. The van der Waals surface area contributed by atoms with Gasteiger partial charge < -0.3 is 5.32 Å². The van der Waals surface area contributed by atoms with Crippen LogP contribution < -0.4 is 5.32 Å². The summed E-state index contributed by atoms with van der Waals surface area (Å²) in [5.41, 5.74) is 4.70. The van der Waals surface area contributed by atoms with Crippen LogP contribution in [0.5, 0.6) is 0 Å². The first-order chi connectivity index (χ1) is 9.62. The van der Waals surface area contributed by atoms with E-state index in [1.54, 1.807) is 0 Å². The van der Waals surface area contributed by atoms with Crippen LogP contribution in [0.1, 0.15) is 37.2 Å². The molecule has 0 aliphatic heterocycles. The van der Waals surface area contributed by atoms with E-state index in [1.807, 2.05) is 6.07 Å². The summed E-state index contributed by atoms with van der Waals surface area (Å²) in [6, 6.07) is 8.58. The molecule has 106 valence electrons. The molecule has 1 heterocycles. The minimum absolute atomic E-state index is 0.847. The zero-order valence-corrected chi connectivity index (χ0v) is 12.8. The lowest BCUT2D eigenvalue weighted by Crippen LogP contribution is -2.05. The Morgan fingerprint density at radius 2 is 1.65 bits per heavy atom. The fraction of sp³-hybridized carbons (Fsp3) is 0.412. The lowest BCUT2D eigenvalue weighted by atomic mass is 10.0. The standard InChI is InChI=1S/C17H23N3/c1-5-7-18-17-11-15(19-16(6-2)20-17)14-9-12(3)8-13(4)10-14/h8-11H,5-7H2,1-4H3,(H,18,19,20). The number of aromatic nitrogens is 2. The van der Waals surface area contributed by atoms with Crippen molar-refractivity contribution in [1.82, 2.24) is 9.97 Å². The van der Waals surface area contributed by atoms with E-state index >= 15 is 0 Å². The van der Waals surface area contributed by atoms with Crippen molar-refractivity contribution in [2.75, 3.05) is 11.9 Å². The SMILES string of the molecule is CCCNc1cc(-c2cc(C)cc(C)c2)nc(CC)n1. The smallest absolute Gasteiger partial charge is 0.131 e. The van der Waals surface area contributed by atoms with Crippen molar-refractivity contribution in [2.45, 2.75) is 40.5 Å². The van der Waals surface area contributed by atoms with E-state index in [2.05, 4.69) is 61.2 Å².